The number of urea groups is 1. The summed E-state index contributed by atoms with van der Waals surface area (Å²) in [6.07, 6.45) is 39.7. The first-order chi connectivity index (χ1) is 28.0. The van der Waals surface area contributed by atoms with Gasteiger partial charge in [0.15, 0.2) is 0 Å². The number of hydrogen-bond donors (Lipinski definition) is 1. The minimum absolute atomic E-state index is 0.00696. The lowest BCUT2D eigenvalue weighted by molar-refractivity contribution is -0.150. The van der Waals surface area contributed by atoms with Crippen molar-refractivity contribution < 1.29 is 23.9 Å². The number of rotatable bonds is 42. The van der Waals surface area contributed by atoms with Gasteiger partial charge in [0.1, 0.15) is 6.10 Å². The van der Waals surface area contributed by atoms with Crippen molar-refractivity contribution in [3.63, 3.8) is 0 Å². The minimum Gasteiger partial charge on any atom is -0.466 e. The molecule has 0 aliphatic carbocycles. The number of unbranched alkanes of at least 4 members (excludes halogenated alkanes) is 24. The molecule has 0 spiro atoms. The molecule has 57 heavy (non-hydrogen) atoms. The fourth-order valence-electron chi connectivity index (χ4n) is 8.09. The van der Waals surface area contributed by atoms with Gasteiger partial charge in [0.25, 0.3) is 0 Å². The molecule has 1 heterocycles. The first-order valence-corrected chi connectivity index (χ1v) is 25.1. The third-order valence-electron chi connectivity index (χ3n) is 11.9. The van der Waals surface area contributed by atoms with Crippen LogP contribution in [0.5, 0.6) is 0 Å². The van der Waals surface area contributed by atoms with E-state index in [9.17, 15) is 14.4 Å². The molecule has 8 heteroatoms. The highest BCUT2D eigenvalue weighted by Gasteiger charge is 2.16. The molecule has 1 fully saturated rings. The molecule has 336 valence electrons. The zero-order valence-corrected chi connectivity index (χ0v) is 38.2. The van der Waals surface area contributed by atoms with Gasteiger partial charge in [0.05, 0.1) is 6.61 Å². The van der Waals surface area contributed by atoms with Crippen LogP contribution in [0, 0.1) is 0 Å². The van der Waals surface area contributed by atoms with Gasteiger partial charge >= 0.3 is 18.0 Å². The van der Waals surface area contributed by atoms with Crippen molar-refractivity contribution in [1.29, 1.82) is 0 Å². The summed E-state index contributed by atoms with van der Waals surface area (Å²) in [5.41, 5.74) is 0. The van der Waals surface area contributed by atoms with Crippen LogP contribution in [0.4, 0.5) is 4.79 Å². The Morgan fingerprint density at radius 1 is 0.526 bits per heavy atom. The van der Waals surface area contributed by atoms with Gasteiger partial charge in [-0.2, -0.15) is 0 Å². The second-order valence-electron chi connectivity index (χ2n) is 17.4. The largest absolute Gasteiger partial charge is 0.466 e. The first kappa shape index (κ1) is 53.2. The van der Waals surface area contributed by atoms with E-state index in [2.05, 4.69) is 31.0 Å². The van der Waals surface area contributed by atoms with Crippen molar-refractivity contribution >= 4 is 18.0 Å². The average Bonchev–Trinajstić information content (AvgIpc) is 3.73. The van der Waals surface area contributed by atoms with Crippen LogP contribution in [0.25, 0.3) is 0 Å². The van der Waals surface area contributed by atoms with Crippen LogP contribution in [0.15, 0.2) is 0 Å². The topological polar surface area (TPSA) is 88.2 Å². The molecular formula is C49H95N3O5. The van der Waals surface area contributed by atoms with Gasteiger partial charge in [-0.15, -0.1) is 0 Å². The molecule has 8 nitrogen and oxygen atoms in total. The van der Waals surface area contributed by atoms with E-state index >= 15 is 0 Å². The maximum Gasteiger partial charge on any atom is 0.317 e. The zero-order valence-electron chi connectivity index (χ0n) is 38.2. The third kappa shape index (κ3) is 34.7. The smallest absolute Gasteiger partial charge is 0.317 e. The molecule has 0 aromatic rings. The normalized spacial score (nSPS) is 13.1. The number of esters is 2. The quantitative estimate of drug-likeness (QED) is 0.0488. The van der Waals surface area contributed by atoms with E-state index in [1.54, 1.807) is 0 Å². The van der Waals surface area contributed by atoms with Crippen LogP contribution in [0.2, 0.25) is 0 Å². The summed E-state index contributed by atoms with van der Waals surface area (Å²) >= 11 is 0. The van der Waals surface area contributed by atoms with Gasteiger partial charge in [0.2, 0.25) is 0 Å². The van der Waals surface area contributed by atoms with Gasteiger partial charge in [-0.3, -0.25) is 9.59 Å². The Balaban J connectivity index is 2.31. The summed E-state index contributed by atoms with van der Waals surface area (Å²) in [4.78, 5) is 42.6. The number of carbonyl (C=O) groups excluding carboxylic acids is 3. The van der Waals surface area contributed by atoms with Gasteiger partial charge in [-0.05, 0) is 83.7 Å². The molecule has 1 aliphatic rings. The van der Waals surface area contributed by atoms with Crippen molar-refractivity contribution in [1.82, 2.24) is 15.1 Å². The summed E-state index contributed by atoms with van der Waals surface area (Å²) in [5.74, 6) is -0.0589. The molecule has 1 saturated heterocycles. The highest BCUT2D eigenvalue weighted by atomic mass is 16.5. The van der Waals surface area contributed by atoms with E-state index in [1.165, 1.54) is 122 Å². The number of nitrogens with zero attached hydrogens (tertiary/aromatic N) is 2. The van der Waals surface area contributed by atoms with Crippen LogP contribution >= 0.6 is 0 Å². The maximum atomic E-state index is 13.2. The Bertz CT molecular complexity index is 895. The fourth-order valence-corrected chi connectivity index (χ4v) is 8.09. The Morgan fingerprint density at radius 3 is 1.46 bits per heavy atom. The first-order valence-electron chi connectivity index (χ1n) is 25.1. The fraction of sp³-hybridized carbons (Fsp3) is 0.939. The number of carbonyl (C=O) groups is 3. The van der Waals surface area contributed by atoms with E-state index in [1.807, 2.05) is 4.90 Å². The summed E-state index contributed by atoms with van der Waals surface area (Å²) in [7, 11) is 0. The summed E-state index contributed by atoms with van der Waals surface area (Å²) in [5, 5.41) is 3.20. The predicted octanol–water partition coefficient (Wildman–Crippen LogP) is 13.5. The zero-order chi connectivity index (χ0) is 41.3. The molecular weight excluding hydrogens is 711 g/mol. The molecule has 0 unspecified atom stereocenters. The maximum absolute atomic E-state index is 13.2. The molecule has 0 atom stereocenters. The molecule has 0 saturated carbocycles. The van der Waals surface area contributed by atoms with Crippen molar-refractivity contribution in [2.24, 2.45) is 0 Å². The van der Waals surface area contributed by atoms with Crippen molar-refractivity contribution in [3.05, 3.63) is 0 Å². The van der Waals surface area contributed by atoms with E-state index < -0.39 is 0 Å². The van der Waals surface area contributed by atoms with Crippen LogP contribution < -0.4 is 5.32 Å². The van der Waals surface area contributed by atoms with Crippen LogP contribution in [0.3, 0.4) is 0 Å². The number of ether oxygens (including phenoxy) is 2. The van der Waals surface area contributed by atoms with Crippen molar-refractivity contribution in [3.8, 4) is 0 Å². The average molecular weight is 806 g/mol. The van der Waals surface area contributed by atoms with E-state index in [4.69, 9.17) is 9.47 Å². The van der Waals surface area contributed by atoms with E-state index in [0.717, 1.165) is 123 Å². The molecule has 0 bridgehead atoms. The standard InChI is InChI=1S/C49H95N3O5/c1-4-7-10-13-16-25-34-45-56-47(53)37-28-21-17-23-30-42-52(49(55)50-39-44-51-40-32-33-41-51)43-31-24-18-22-29-38-48(54)57-46(35-26-19-14-11-8-5-2)36-27-20-15-12-9-6-3/h46H,4-45H2,1-3H3,(H,50,55). The minimum atomic E-state index is -0.0519. The second kappa shape index (κ2) is 40.9. The van der Waals surface area contributed by atoms with Gasteiger partial charge in [-0.25, -0.2) is 4.79 Å². The Labute approximate surface area is 353 Å². The molecule has 1 N–H and O–H groups in total. The van der Waals surface area contributed by atoms with E-state index in [-0.39, 0.29) is 24.1 Å². The summed E-state index contributed by atoms with van der Waals surface area (Å²) < 4.78 is 11.5. The molecule has 0 aromatic carbocycles. The second-order valence-corrected chi connectivity index (χ2v) is 17.4. The van der Waals surface area contributed by atoms with Crippen LogP contribution in [-0.4, -0.2) is 79.7 Å². The van der Waals surface area contributed by atoms with Gasteiger partial charge in [-0.1, -0.05) is 162 Å². The monoisotopic (exact) mass is 806 g/mol. The SMILES string of the molecule is CCCCCCCCCOC(=O)CCCCCCCN(CCCCCCCC(=O)OC(CCCCCCCC)CCCCCCCC)C(=O)NCCN1CCCC1. The lowest BCUT2D eigenvalue weighted by Crippen LogP contribution is -2.43. The number of amides is 2. The van der Waals surface area contributed by atoms with Crippen molar-refractivity contribution in [2.75, 3.05) is 45.9 Å². The number of hydrogen-bond acceptors (Lipinski definition) is 6. The molecule has 2 amide bonds. The molecule has 0 radical (unpaired) electrons. The summed E-state index contributed by atoms with van der Waals surface area (Å²) in [6.45, 7) is 12.8. The third-order valence-corrected chi connectivity index (χ3v) is 11.9. The lowest BCUT2D eigenvalue weighted by atomic mass is 10.0. The van der Waals surface area contributed by atoms with Gasteiger partial charge < -0.3 is 24.6 Å². The highest BCUT2D eigenvalue weighted by molar-refractivity contribution is 5.74. The number of likely N-dealkylation sites (tertiary alicyclic amines) is 1. The van der Waals surface area contributed by atoms with Crippen LogP contribution in [-0.2, 0) is 19.1 Å². The Morgan fingerprint density at radius 2 is 0.947 bits per heavy atom. The Kier molecular flexibility index (Phi) is 38.2. The van der Waals surface area contributed by atoms with E-state index in [0.29, 0.717) is 26.0 Å². The predicted molar refractivity (Wildman–Crippen MR) is 241 cm³/mol. The molecule has 0 aromatic heterocycles. The number of nitrogens with one attached hydrogen (secondary N) is 1. The van der Waals surface area contributed by atoms with Crippen LogP contribution in [0.1, 0.15) is 245 Å². The Hall–Kier alpha value is -1.83. The van der Waals surface area contributed by atoms with Crippen molar-refractivity contribution in [2.45, 2.75) is 252 Å². The molecule has 1 aliphatic heterocycles. The molecule has 1 rings (SSSR count). The lowest BCUT2D eigenvalue weighted by Gasteiger charge is -2.24. The highest BCUT2D eigenvalue weighted by Crippen LogP contribution is 2.19. The summed E-state index contributed by atoms with van der Waals surface area (Å²) in [6, 6.07) is 0.0668. The van der Waals surface area contributed by atoms with Gasteiger partial charge in [0, 0.05) is 39.0 Å².